The standard InChI is InChI=1S/C25H38N2O8/c1-23(2,3)35-22(31)26-15-24(4,5)14-25(6,7)27-18(28)13-34-17-12-10-11-16(20(29)32-8)19(17)21(30)33-9/h10-12H,13-15H2,1-9H3,(H,26,31)(H,27,28). The van der Waals surface area contributed by atoms with Crippen LogP contribution in [0.25, 0.3) is 0 Å². The van der Waals surface area contributed by atoms with E-state index >= 15 is 0 Å². The first-order valence-corrected chi connectivity index (χ1v) is 11.2. The fraction of sp³-hybridized carbons (Fsp3) is 0.600. The van der Waals surface area contributed by atoms with Crippen molar-refractivity contribution in [2.45, 2.75) is 66.0 Å². The van der Waals surface area contributed by atoms with Crippen LogP contribution in [0.5, 0.6) is 5.75 Å². The van der Waals surface area contributed by atoms with Crippen LogP contribution in [0.15, 0.2) is 18.2 Å². The molecule has 0 heterocycles. The van der Waals surface area contributed by atoms with Crippen LogP contribution in [0, 0.1) is 5.41 Å². The summed E-state index contributed by atoms with van der Waals surface area (Å²) in [6, 6.07) is 4.38. The molecule has 1 aromatic rings. The Labute approximate surface area is 207 Å². The van der Waals surface area contributed by atoms with E-state index in [4.69, 9.17) is 18.9 Å². The van der Waals surface area contributed by atoms with Gasteiger partial charge in [-0.05, 0) is 58.6 Å². The van der Waals surface area contributed by atoms with E-state index in [1.807, 2.05) is 27.7 Å². The summed E-state index contributed by atoms with van der Waals surface area (Å²) in [5.74, 6) is -1.93. The van der Waals surface area contributed by atoms with E-state index in [2.05, 4.69) is 10.6 Å². The SMILES string of the molecule is COC(=O)c1cccc(OCC(=O)NC(C)(C)CC(C)(C)CNC(=O)OC(C)(C)C)c1C(=O)OC. The van der Waals surface area contributed by atoms with Crippen molar-refractivity contribution >= 4 is 23.9 Å². The van der Waals surface area contributed by atoms with Crippen molar-refractivity contribution in [2.24, 2.45) is 5.41 Å². The van der Waals surface area contributed by atoms with E-state index in [1.54, 1.807) is 20.8 Å². The Hall–Kier alpha value is -3.30. The van der Waals surface area contributed by atoms with Gasteiger partial charge in [-0.1, -0.05) is 19.9 Å². The van der Waals surface area contributed by atoms with Crippen molar-refractivity contribution < 1.29 is 38.1 Å². The van der Waals surface area contributed by atoms with Gasteiger partial charge in [0.15, 0.2) is 6.61 Å². The first kappa shape index (κ1) is 29.7. The highest BCUT2D eigenvalue weighted by molar-refractivity contribution is 6.05. The zero-order valence-corrected chi connectivity index (χ0v) is 22.1. The number of methoxy groups -OCH3 is 2. The molecule has 35 heavy (non-hydrogen) atoms. The van der Waals surface area contributed by atoms with Gasteiger partial charge >= 0.3 is 18.0 Å². The van der Waals surface area contributed by atoms with E-state index < -0.39 is 41.7 Å². The molecule has 0 spiro atoms. The number of ether oxygens (including phenoxy) is 4. The molecule has 10 nitrogen and oxygen atoms in total. The van der Waals surface area contributed by atoms with Crippen molar-refractivity contribution in [2.75, 3.05) is 27.4 Å². The maximum atomic E-state index is 12.6. The van der Waals surface area contributed by atoms with Crippen molar-refractivity contribution in [1.82, 2.24) is 10.6 Å². The lowest BCUT2D eigenvalue weighted by Crippen LogP contribution is -2.50. The van der Waals surface area contributed by atoms with Crippen LogP contribution in [-0.4, -0.2) is 62.5 Å². The third kappa shape index (κ3) is 10.2. The highest BCUT2D eigenvalue weighted by Crippen LogP contribution is 2.28. The van der Waals surface area contributed by atoms with Gasteiger partial charge in [0.05, 0.1) is 19.8 Å². The minimum Gasteiger partial charge on any atom is -0.483 e. The number of nitrogens with one attached hydrogen (secondary N) is 2. The third-order valence-electron chi connectivity index (χ3n) is 4.69. The molecule has 0 radical (unpaired) electrons. The second kappa shape index (κ2) is 11.9. The minimum absolute atomic E-state index is 0.0228. The van der Waals surface area contributed by atoms with Crippen molar-refractivity contribution in [3.8, 4) is 5.75 Å². The summed E-state index contributed by atoms with van der Waals surface area (Å²) < 4.78 is 20.3. The van der Waals surface area contributed by atoms with Crippen LogP contribution in [0.1, 0.15) is 75.6 Å². The number of hydrogen-bond donors (Lipinski definition) is 2. The maximum absolute atomic E-state index is 12.6. The van der Waals surface area contributed by atoms with E-state index in [0.717, 1.165) is 0 Å². The summed E-state index contributed by atoms with van der Waals surface area (Å²) in [5, 5.41) is 5.67. The number of carbonyl (C=O) groups excluding carboxylic acids is 4. The van der Waals surface area contributed by atoms with Crippen LogP contribution < -0.4 is 15.4 Å². The first-order chi connectivity index (χ1) is 16.0. The zero-order valence-electron chi connectivity index (χ0n) is 22.1. The Kier molecular flexibility index (Phi) is 10.1. The fourth-order valence-corrected chi connectivity index (χ4v) is 3.73. The van der Waals surface area contributed by atoms with Crippen molar-refractivity contribution in [1.29, 1.82) is 0 Å². The average molecular weight is 495 g/mol. The molecule has 1 rings (SSSR count). The van der Waals surface area contributed by atoms with Gasteiger partial charge in [-0.2, -0.15) is 0 Å². The Morgan fingerprint density at radius 2 is 1.49 bits per heavy atom. The zero-order chi connectivity index (χ0) is 27.0. The molecular formula is C25H38N2O8. The van der Waals surface area contributed by atoms with Crippen molar-refractivity contribution in [3.05, 3.63) is 29.3 Å². The van der Waals surface area contributed by atoms with Gasteiger partial charge in [-0.25, -0.2) is 14.4 Å². The molecule has 196 valence electrons. The largest absolute Gasteiger partial charge is 0.483 e. The highest BCUT2D eigenvalue weighted by atomic mass is 16.6. The molecule has 0 aromatic heterocycles. The summed E-state index contributed by atoms with van der Waals surface area (Å²) in [7, 11) is 2.37. The molecule has 10 heteroatoms. The van der Waals surface area contributed by atoms with E-state index in [0.29, 0.717) is 13.0 Å². The molecule has 2 amide bonds. The number of carbonyl (C=O) groups is 4. The Morgan fingerprint density at radius 3 is 2.03 bits per heavy atom. The van der Waals surface area contributed by atoms with Gasteiger partial charge in [-0.15, -0.1) is 0 Å². The quantitative estimate of drug-likeness (QED) is 0.374. The topological polar surface area (TPSA) is 129 Å². The highest BCUT2D eigenvalue weighted by Gasteiger charge is 2.31. The average Bonchev–Trinajstić information content (AvgIpc) is 2.72. The lowest BCUT2D eigenvalue weighted by molar-refractivity contribution is -0.125. The number of esters is 2. The summed E-state index contributed by atoms with van der Waals surface area (Å²) in [6.45, 7) is 13.0. The second-order valence-corrected chi connectivity index (χ2v) is 10.6. The van der Waals surface area contributed by atoms with Crippen LogP contribution in [-0.2, 0) is 19.0 Å². The van der Waals surface area contributed by atoms with Crippen molar-refractivity contribution in [3.63, 3.8) is 0 Å². The lowest BCUT2D eigenvalue weighted by Gasteiger charge is -2.36. The lowest BCUT2D eigenvalue weighted by atomic mass is 9.80. The van der Waals surface area contributed by atoms with Gasteiger partial charge in [0.1, 0.15) is 16.9 Å². The number of rotatable bonds is 10. The number of hydrogen-bond acceptors (Lipinski definition) is 8. The molecule has 0 atom stereocenters. The minimum atomic E-state index is -0.791. The molecule has 0 aliphatic rings. The van der Waals surface area contributed by atoms with Gasteiger partial charge in [-0.3, -0.25) is 4.79 Å². The molecule has 0 aliphatic carbocycles. The number of amides is 2. The molecule has 0 unspecified atom stereocenters. The van der Waals surface area contributed by atoms with E-state index in [1.165, 1.54) is 32.4 Å². The van der Waals surface area contributed by atoms with Crippen LogP contribution in [0.3, 0.4) is 0 Å². The molecule has 0 fully saturated rings. The Morgan fingerprint density at radius 1 is 0.886 bits per heavy atom. The fourth-order valence-electron chi connectivity index (χ4n) is 3.73. The summed E-state index contributed by atoms with van der Waals surface area (Å²) in [5.41, 5.74) is -1.74. The normalized spacial score (nSPS) is 11.8. The number of alkyl carbamates (subject to hydrolysis) is 1. The molecule has 0 aliphatic heterocycles. The monoisotopic (exact) mass is 494 g/mol. The Balaban J connectivity index is 2.80. The van der Waals surface area contributed by atoms with Gasteiger partial charge in [0.25, 0.3) is 5.91 Å². The predicted molar refractivity (Wildman–Crippen MR) is 129 cm³/mol. The molecule has 2 N–H and O–H groups in total. The third-order valence-corrected chi connectivity index (χ3v) is 4.69. The molecule has 1 aromatic carbocycles. The van der Waals surface area contributed by atoms with Crippen LogP contribution in [0.2, 0.25) is 0 Å². The molecule has 0 saturated heterocycles. The summed E-state index contributed by atoms with van der Waals surface area (Å²) in [6.07, 6.45) is 0.0312. The molecule has 0 saturated carbocycles. The van der Waals surface area contributed by atoms with E-state index in [9.17, 15) is 19.2 Å². The second-order valence-electron chi connectivity index (χ2n) is 10.6. The Bertz CT molecular complexity index is 932. The maximum Gasteiger partial charge on any atom is 0.407 e. The summed E-state index contributed by atoms with van der Waals surface area (Å²) >= 11 is 0. The van der Waals surface area contributed by atoms with Crippen LogP contribution >= 0.6 is 0 Å². The van der Waals surface area contributed by atoms with Crippen LogP contribution in [0.4, 0.5) is 4.79 Å². The van der Waals surface area contributed by atoms with Gasteiger partial charge < -0.3 is 29.6 Å². The smallest absolute Gasteiger partial charge is 0.407 e. The molecular weight excluding hydrogens is 456 g/mol. The first-order valence-electron chi connectivity index (χ1n) is 11.2. The van der Waals surface area contributed by atoms with E-state index in [-0.39, 0.29) is 22.3 Å². The van der Waals surface area contributed by atoms with Gasteiger partial charge in [0, 0.05) is 12.1 Å². The van der Waals surface area contributed by atoms with Gasteiger partial charge in [0.2, 0.25) is 0 Å². The molecule has 0 bridgehead atoms. The predicted octanol–water partition coefficient (Wildman–Crippen LogP) is 3.47. The number of benzene rings is 1. The summed E-state index contributed by atoms with van der Waals surface area (Å²) in [4.78, 5) is 48.9.